The van der Waals surface area contributed by atoms with Crippen LogP contribution >= 0.6 is 11.8 Å². The van der Waals surface area contributed by atoms with Gasteiger partial charge in [-0.25, -0.2) is 0 Å². The molecule has 0 heterocycles. The van der Waals surface area contributed by atoms with E-state index in [1.54, 1.807) is 0 Å². The van der Waals surface area contributed by atoms with Crippen LogP contribution in [-0.4, -0.2) is 15.1 Å². The fraction of sp³-hybridized carbons (Fsp3) is 0.545. The van der Waals surface area contributed by atoms with E-state index in [1.807, 2.05) is 19.1 Å². The molecule has 1 unspecified atom stereocenters. The molecule has 2 nitrogen and oxygen atoms in total. The predicted molar refractivity (Wildman–Crippen MR) is 108 cm³/mol. The first-order valence-corrected chi connectivity index (χ1v) is 9.69. The molecule has 3 heteroatoms. The van der Waals surface area contributed by atoms with Crippen molar-refractivity contribution in [2.24, 2.45) is 5.41 Å². The summed E-state index contributed by atoms with van der Waals surface area (Å²) in [6.07, 6.45) is 4.80. The summed E-state index contributed by atoms with van der Waals surface area (Å²) in [7, 11) is 0. The highest BCUT2D eigenvalue weighted by Crippen LogP contribution is 2.50. The van der Waals surface area contributed by atoms with E-state index in [1.165, 1.54) is 17.3 Å². The molecule has 0 saturated heterocycles. The molecule has 0 fully saturated rings. The molecular weight excluding hydrogens is 328 g/mol. The third kappa shape index (κ3) is 4.32. The van der Waals surface area contributed by atoms with E-state index in [-0.39, 0.29) is 10.8 Å². The Labute approximate surface area is 157 Å². The standard InChI is InChI=1S/C22H32O2S/c1-14-9-10-19(21(6,7)8)22(24,13-14)25-18-12-16(20(3,4)5)17(23)11-15(18)2/h9-12,23-24H,13H2,1-8H3. The molecule has 1 aromatic carbocycles. The normalized spacial score (nSPS) is 21.8. The van der Waals surface area contributed by atoms with Gasteiger partial charge in [0.25, 0.3) is 0 Å². The first-order valence-electron chi connectivity index (χ1n) is 8.88. The number of benzene rings is 1. The van der Waals surface area contributed by atoms with E-state index in [0.29, 0.717) is 12.2 Å². The van der Waals surface area contributed by atoms with Crippen molar-refractivity contribution in [3.05, 3.63) is 46.6 Å². The molecule has 0 radical (unpaired) electrons. The minimum absolute atomic E-state index is 0.114. The number of thioether (sulfide) groups is 1. The van der Waals surface area contributed by atoms with Crippen LogP contribution in [-0.2, 0) is 5.41 Å². The van der Waals surface area contributed by atoms with Crippen LogP contribution in [0.2, 0.25) is 0 Å². The Kier molecular flexibility index (Phi) is 5.24. The van der Waals surface area contributed by atoms with Gasteiger partial charge in [0, 0.05) is 16.9 Å². The Morgan fingerprint density at radius 1 is 0.960 bits per heavy atom. The minimum atomic E-state index is -0.964. The maximum Gasteiger partial charge on any atom is 0.140 e. The average Bonchev–Trinajstić information content (AvgIpc) is 2.38. The molecule has 0 amide bonds. The van der Waals surface area contributed by atoms with E-state index in [0.717, 1.165) is 21.6 Å². The van der Waals surface area contributed by atoms with Gasteiger partial charge in [0.2, 0.25) is 0 Å². The lowest BCUT2D eigenvalue weighted by Gasteiger charge is -2.40. The molecule has 0 bridgehead atoms. The molecule has 0 saturated carbocycles. The maximum absolute atomic E-state index is 11.6. The second-order valence-electron chi connectivity index (χ2n) is 9.29. The van der Waals surface area contributed by atoms with Crippen molar-refractivity contribution >= 4 is 11.8 Å². The number of aliphatic hydroxyl groups is 1. The van der Waals surface area contributed by atoms with Crippen LogP contribution in [0.4, 0.5) is 0 Å². The summed E-state index contributed by atoms with van der Waals surface area (Å²) < 4.78 is 0. The molecule has 0 aliphatic heterocycles. The molecule has 1 aliphatic rings. The quantitative estimate of drug-likeness (QED) is 0.626. The zero-order valence-corrected chi connectivity index (χ0v) is 17.6. The second kappa shape index (κ2) is 6.51. The number of rotatable bonds is 2. The molecule has 1 atom stereocenters. The molecule has 1 aromatic rings. The van der Waals surface area contributed by atoms with Crippen molar-refractivity contribution in [1.29, 1.82) is 0 Å². The van der Waals surface area contributed by atoms with E-state index in [4.69, 9.17) is 0 Å². The fourth-order valence-electron chi connectivity index (χ4n) is 3.38. The zero-order valence-electron chi connectivity index (χ0n) is 16.8. The van der Waals surface area contributed by atoms with Crippen LogP contribution in [0.25, 0.3) is 0 Å². The van der Waals surface area contributed by atoms with Crippen molar-refractivity contribution in [2.45, 2.75) is 77.1 Å². The van der Waals surface area contributed by atoms with Crippen LogP contribution in [0.15, 0.2) is 40.3 Å². The first kappa shape index (κ1) is 20.1. The highest BCUT2D eigenvalue weighted by molar-refractivity contribution is 8.00. The lowest BCUT2D eigenvalue weighted by Crippen LogP contribution is -2.35. The number of hydrogen-bond acceptors (Lipinski definition) is 3. The van der Waals surface area contributed by atoms with Crippen LogP contribution in [0.5, 0.6) is 5.75 Å². The highest BCUT2D eigenvalue weighted by Gasteiger charge is 2.41. The topological polar surface area (TPSA) is 40.5 Å². The van der Waals surface area contributed by atoms with Crippen LogP contribution < -0.4 is 0 Å². The Morgan fingerprint density at radius 3 is 2.08 bits per heavy atom. The van der Waals surface area contributed by atoms with Crippen LogP contribution in [0.3, 0.4) is 0 Å². The fourth-order valence-corrected chi connectivity index (χ4v) is 4.92. The maximum atomic E-state index is 11.6. The van der Waals surface area contributed by atoms with Gasteiger partial charge in [-0.15, -0.1) is 0 Å². The molecule has 0 aromatic heterocycles. The SMILES string of the molecule is CC1=CC=C(C(C)(C)C)C(O)(Sc2cc(C(C)(C)C)c(O)cc2C)C1. The second-order valence-corrected chi connectivity index (χ2v) is 10.6. The van der Waals surface area contributed by atoms with Gasteiger partial charge in [0.05, 0.1) is 0 Å². The van der Waals surface area contributed by atoms with E-state index in [9.17, 15) is 10.2 Å². The van der Waals surface area contributed by atoms with Gasteiger partial charge >= 0.3 is 0 Å². The van der Waals surface area contributed by atoms with Crippen LogP contribution in [0.1, 0.15) is 66.0 Å². The van der Waals surface area contributed by atoms with Crippen molar-refractivity contribution in [1.82, 2.24) is 0 Å². The average molecular weight is 361 g/mol. The predicted octanol–water partition coefficient (Wildman–Crippen LogP) is 6.10. The minimum Gasteiger partial charge on any atom is -0.508 e. The van der Waals surface area contributed by atoms with Gasteiger partial charge in [-0.2, -0.15) is 0 Å². The lowest BCUT2D eigenvalue weighted by molar-refractivity contribution is 0.149. The van der Waals surface area contributed by atoms with E-state index < -0.39 is 4.93 Å². The summed E-state index contributed by atoms with van der Waals surface area (Å²) in [5.41, 5.74) is 3.85. The van der Waals surface area contributed by atoms with E-state index in [2.05, 4.69) is 60.6 Å². The number of hydrogen-bond donors (Lipinski definition) is 2. The highest BCUT2D eigenvalue weighted by atomic mass is 32.2. The number of phenolic OH excluding ortho intramolecular Hbond substituents is 1. The molecule has 2 rings (SSSR count). The van der Waals surface area contributed by atoms with Crippen molar-refractivity contribution in [3.63, 3.8) is 0 Å². The first-order chi connectivity index (χ1) is 11.2. The van der Waals surface area contributed by atoms with Gasteiger partial charge in [-0.3, -0.25) is 0 Å². The molecule has 0 spiro atoms. The Hall–Kier alpha value is -1.19. The largest absolute Gasteiger partial charge is 0.508 e. The summed E-state index contributed by atoms with van der Waals surface area (Å²) in [5.74, 6) is 0.327. The molecule has 138 valence electrons. The van der Waals surface area contributed by atoms with E-state index >= 15 is 0 Å². The Bertz CT molecular complexity index is 730. The molecular formula is C22H32O2S. The van der Waals surface area contributed by atoms with Gasteiger partial charge in [-0.05, 0) is 47.9 Å². The smallest absolute Gasteiger partial charge is 0.140 e. The third-order valence-electron chi connectivity index (χ3n) is 4.66. The molecule has 1 aliphatic carbocycles. The summed E-state index contributed by atoms with van der Waals surface area (Å²) in [6, 6.07) is 3.86. The summed E-state index contributed by atoms with van der Waals surface area (Å²) in [4.78, 5) is 0.0589. The summed E-state index contributed by atoms with van der Waals surface area (Å²) in [6.45, 7) is 16.8. The lowest BCUT2D eigenvalue weighted by atomic mass is 9.78. The number of aromatic hydroxyl groups is 1. The monoisotopic (exact) mass is 360 g/mol. The Balaban J connectivity index is 2.51. The Morgan fingerprint density at radius 2 is 1.56 bits per heavy atom. The number of phenols is 1. The summed E-state index contributed by atoms with van der Waals surface area (Å²) in [5, 5.41) is 21.9. The summed E-state index contributed by atoms with van der Waals surface area (Å²) >= 11 is 1.51. The number of allylic oxidation sites excluding steroid dienone is 2. The van der Waals surface area contributed by atoms with Gasteiger partial charge in [0.1, 0.15) is 10.7 Å². The van der Waals surface area contributed by atoms with Crippen molar-refractivity contribution < 1.29 is 10.2 Å². The van der Waals surface area contributed by atoms with Gasteiger partial charge < -0.3 is 10.2 Å². The van der Waals surface area contributed by atoms with Crippen molar-refractivity contribution in [2.75, 3.05) is 0 Å². The van der Waals surface area contributed by atoms with Crippen molar-refractivity contribution in [3.8, 4) is 5.75 Å². The molecule has 2 N–H and O–H groups in total. The van der Waals surface area contributed by atoms with Crippen LogP contribution in [0, 0.1) is 12.3 Å². The zero-order chi connectivity index (χ0) is 19.2. The third-order valence-corrected chi connectivity index (χ3v) is 6.02. The van der Waals surface area contributed by atoms with Gasteiger partial charge in [0.15, 0.2) is 0 Å². The molecule has 25 heavy (non-hydrogen) atoms. The number of aryl methyl sites for hydroxylation is 1. The van der Waals surface area contributed by atoms with Gasteiger partial charge in [-0.1, -0.05) is 71.0 Å².